The van der Waals surface area contributed by atoms with E-state index in [2.05, 4.69) is 11.8 Å². The highest BCUT2D eigenvalue weighted by atomic mass is 19.1. The smallest absolute Gasteiger partial charge is 0.250 e. The lowest BCUT2D eigenvalue weighted by molar-refractivity contribution is 0.350. The minimum absolute atomic E-state index is 0.175. The molecule has 0 aliphatic carbocycles. The Morgan fingerprint density at radius 1 is 1.26 bits per heavy atom. The molecule has 1 aromatic heterocycles. The van der Waals surface area contributed by atoms with Gasteiger partial charge in [0, 0.05) is 23.4 Å². The molecule has 4 heteroatoms. The van der Waals surface area contributed by atoms with Gasteiger partial charge in [0.05, 0.1) is 6.54 Å². The van der Waals surface area contributed by atoms with Crippen LogP contribution in [0.5, 0.6) is 0 Å². The monoisotopic (exact) mass is 257 g/mol. The second-order valence-corrected chi connectivity index (χ2v) is 3.93. The van der Waals surface area contributed by atoms with Crippen molar-refractivity contribution in [3.8, 4) is 11.8 Å². The molecule has 19 heavy (non-hydrogen) atoms. The highest BCUT2D eigenvalue weighted by Crippen LogP contribution is 2.10. The molecular weight excluding hydrogens is 245 g/mol. The Kier molecular flexibility index (Phi) is 4.11. The molecule has 1 N–H and O–H groups in total. The molecule has 1 heterocycles. The average Bonchev–Trinajstić information content (AvgIpc) is 2.41. The first-order valence-corrected chi connectivity index (χ1v) is 5.74. The highest BCUT2D eigenvalue weighted by molar-refractivity contribution is 5.37. The van der Waals surface area contributed by atoms with Crippen molar-refractivity contribution < 1.29 is 9.50 Å². The lowest BCUT2D eigenvalue weighted by Crippen LogP contribution is -2.18. The van der Waals surface area contributed by atoms with E-state index < -0.39 is 5.82 Å². The Morgan fingerprint density at radius 3 is 2.79 bits per heavy atom. The van der Waals surface area contributed by atoms with E-state index in [0.29, 0.717) is 11.1 Å². The lowest BCUT2D eigenvalue weighted by Gasteiger charge is -2.06. The summed E-state index contributed by atoms with van der Waals surface area (Å²) in [6.45, 7) is -0.0814. The van der Waals surface area contributed by atoms with Crippen molar-refractivity contribution in [3.05, 3.63) is 69.9 Å². The van der Waals surface area contributed by atoms with E-state index in [9.17, 15) is 9.18 Å². The number of benzene rings is 1. The van der Waals surface area contributed by atoms with E-state index in [1.165, 1.54) is 16.7 Å². The number of aliphatic hydroxyl groups excluding tert-OH is 1. The number of nitrogens with zero attached hydrogens (tertiary/aromatic N) is 1. The second kappa shape index (κ2) is 5.98. The van der Waals surface area contributed by atoms with Gasteiger partial charge in [-0.1, -0.05) is 24.0 Å². The second-order valence-electron chi connectivity index (χ2n) is 3.93. The summed E-state index contributed by atoms with van der Waals surface area (Å²) in [5.41, 5.74) is 0.740. The summed E-state index contributed by atoms with van der Waals surface area (Å²) in [4.78, 5) is 11.5. The van der Waals surface area contributed by atoms with E-state index >= 15 is 0 Å². The predicted octanol–water partition coefficient (Wildman–Crippen LogP) is 1.38. The van der Waals surface area contributed by atoms with Gasteiger partial charge >= 0.3 is 0 Å². The number of hydrogen-bond acceptors (Lipinski definition) is 2. The maximum absolute atomic E-state index is 13.8. The number of rotatable bonds is 2. The summed E-state index contributed by atoms with van der Waals surface area (Å²) in [6, 6.07) is 9.35. The molecule has 3 nitrogen and oxygen atoms in total. The van der Waals surface area contributed by atoms with Gasteiger partial charge < -0.3 is 9.67 Å². The van der Waals surface area contributed by atoms with E-state index in [0.717, 1.165) is 0 Å². The molecule has 0 bridgehead atoms. The molecule has 0 spiro atoms. The van der Waals surface area contributed by atoms with Crippen LogP contribution in [-0.4, -0.2) is 16.3 Å². The van der Waals surface area contributed by atoms with Crippen molar-refractivity contribution in [2.24, 2.45) is 0 Å². The maximum atomic E-state index is 13.8. The zero-order valence-electron chi connectivity index (χ0n) is 10.1. The van der Waals surface area contributed by atoms with Gasteiger partial charge in [-0.15, -0.1) is 0 Å². The molecule has 1 aromatic carbocycles. The van der Waals surface area contributed by atoms with Gasteiger partial charge in [0.1, 0.15) is 12.4 Å². The fourth-order valence-electron chi connectivity index (χ4n) is 1.67. The third-order valence-electron chi connectivity index (χ3n) is 2.60. The molecular formula is C15H12FNO2. The molecule has 0 aliphatic rings. The Balaban J connectivity index is 2.27. The molecule has 0 radical (unpaired) electrons. The molecule has 2 rings (SSSR count). The van der Waals surface area contributed by atoms with E-state index in [1.807, 2.05) is 0 Å². The van der Waals surface area contributed by atoms with Crippen molar-refractivity contribution in [2.75, 3.05) is 6.61 Å². The van der Waals surface area contributed by atoms with Crippen molar-refractivity contribution in [1.29, 1.82) is 0 Å². The van der Waals surface area contributed by atoms with Gasteiger partial charge in [-0.25, -0.2) is 4.39 Å². The highest BCUT2D eigenvalue weighted by Gasteiger charge is 2.04. The Hall–Kier alpha value is -2.38. The number of hydrogen-bond donors (Lipinski definition) is 1. The van der Waals surface area contributed by atoms with Crippen LogP contribution in [0.1, 0.15) is 11.1 Å². The minimum atomic E-state index is -0.416. The molecule has 0 saturated carbocycles. The minimum Gasteiger partial charge on any atom is -0.384 e. The largest absolute Gasteiger partial charge is 0.384 e. The van der Waals surface area contributed by atoms with Gasteiger partial charge in [0.15, 0.2) is 0 Å². The molecule has 96 valence electrons. The van der Waals surface area contributed by atoms with Crippen LogP contribution in [0.15, 0.2) is 47.4 Å². The van der Waals surface area contributed by atoms with Crippen molar-refractivity contribution in [2.45, 2.75) is 6.54 Å². The van der Waals surface area contributed by atoms with Crippen LogP contribution in [0.25, 0.3) is 0 Å². The summed E-state index contributed by atoms with van der Waals surface area (Å²) in [6.07, 6.45) is 1.61. The first kappa shape index (κ1) is 13.1. The summed E-state index contributed by atoms with van der Waals surface area (Å²) < 4.78 is 15.3. The van der Waals surface area contributed by atoms with Crippen molar-refractivity contribution in [1.82, 2.24) is 4.57 Å². The van der Waals surface area contributed by atoms with E-state index in [1.54, 1.807) is 30.5 Å². The molecule has 0 aliphatic heterocycles. The third-order valence-corrected chi connectivity index (χ3v) is 2.60. The van der Waals surface area contributed by atoms with Crippen LogP contribution in [0.3, 0.4) is 0 Å². The van der Waals surface area contributed by atoms with Crippen LogP contribution in [0.2, 0.25) is 0 Å². The molecule has 0 saturated heterocycles. The summed E-state index contributed by atoms with van der Waals surface area (Å²) in [5, 5.41) is 8.57. The summed E-state index contributed by atoms with van der Waals surface area (Å²) >= 11 is 0. The van der Waals surface area contributed by atoms with Crippen LogP contribution >= 0.6 is 0 Å². The topological polar surface area (TPSA) is 42.2 Å². The molecule has 0 amide bonds. The molecule has 2 aromatic rings. The van der Waals surface area contributed by atoms with Crippen molar-refractivity contribution in [3.63, 3.8) is 0 Å². The summed E-state index contributed by atoms with van der Waals surface area (Å²) in [7, 11) is 0. The summed E-state index contributed by atoms with van der Waals surface area (Å²) in [5.74, 6) is 4.67. The average molecular weight is 257 g/mol. The molecule has 0 atom stereocenters. The third kappa shape index (κ3) is 3.30. The molecule has 0 fully saturated rings. The van der Waals surface area contributed by atoms with Gasteiger partial charge in [0.25, 0.3) is 5.56 Å². The lowest BCUT2D eigenvalue weighted by atomic mass is 10.1. The number of pyridine rings is 1. The zero-order valence-corrected chi connectivity index (χ0v) is 10.1. The normalized spacial score (nSPS) is 9.79. The first-order valence-electron chi connectivity index (χ1n) is 5.74. The van der Waals surface area contributed by atoms with E-state index in [4.69, 9.17) is 5.11 Å². The van der Waals surface area contributed by atoms with Gasteiger partial charge in [-0.3, -0.25) is 4.79 Å². The van der Waals surface area contributed by atoms with Crippen molar-refractivity contribution >= 4 is 0 Å². The van der Waals surface area contributed by atoms with Gasteiger partial charge in [-0.05, 0) is 18.2 Å². The van der Waals surface area contributed by atoms with E-state index in [-0.39, 0.29) is 18.7 Å². The zero-order chi connectivity index (χ0) is 13.7. The predicted molar refractivity (Wildman–Crippen MR) is 70.2 cm³/mol. The van der Waals surface area contributed by atoms with Crippen LogP contribution in [0, 0.1) is 17.7 Å². The van der Waals surface area contributed by atoms with Crippen LogP contribution < -0.4 is 5.56 Å². The van der Waals surface area contributed by atoms with Gasteiger partial charge in [-0.2, -0.15) is 0 Å². The Morgan fingerprint density at radius 2 is 2.11 bits per heavy atom. The SMILES string of the molecule is O=c1ccccn1Cc1ccc(C#CCO)cc1F. The fourth-order valence-corrected chi connectivity index (χ4v) is 1.67. The maximum Gasteiger partial charge on any atom is 0.250 e. The molecule has 0 unspecified atom stereocenters. The van der Waals surface area contributed by atoms with Gasteiger partial charge in [0.2, 0.25) is 0 Å². The number of aromatic nitrogens is 1. The Bertz CT molecular complexity index is 695. The standard InChI is InChI=1S/C15H12FNO2/c16-14-10-12(4-3-9-18)6-7-13(14)11-17-8-2-1-5-15(17)19/h1-2,5-8,10,18H,9,11H2. The first-order chi connectivity index (χ1) is 9.20. The number of aliphatic hydroxyl groups is 1. The van der Waals surface area contributed by atoms with Crippen LogP contribution in [-0.2, 0) is 6.54 Å². The van der Waals surface area contributed by atoms with Crippen LogP contribution in [0.4, 0.5) is 4.39 Å². The fraction of sp³-hybridized carbons (Fsp3) is 0.133. The quantitative estimate of drug-likeness (QED) is 0.826. The number of halogens is 1. The Labute approximate surface area is 109 Å².